The highest BCUT2D eigenvalue weighted by Crippen LogP contribution is 2.14. The van der Waals surface area contributed by atoms with E-state index >= 15 is 0 Å². The summed E-state index contributed by atoms with van der Waals surface area (Å²) in [6, 6.07) is 17.2. The number of carbonyl (C=O) groups is 2. The van der Waals surface area contributed by atoms with Crippen LogP contribution in [-0.2, 0) is 11.2 Å². The molecular weight excluding hydrogens is 352 g/mol. The van der Waals surface area contributed by atoms with Crippen LogP contribution in [0.2, 0.25) is 0 Å². The molecule has 1 heterocycles. The molecule has 0 unspecified atom stereocenters. The SMILES string of the molecule is CCCc1ccc(OCC(=O)N2CCCN(C(=O)c3ccccc3)CC2)cc1. The van der Waals surface area contributed by atoms with Crippen molar-refractivity contribution in [2.24, 2.45) is 0 Å². The lowest BCUT2D eigenvalue weighted by Gasteiger charge is -2.22. The summed E-state index contributed by atoms with van der Waals surface area (Å²) >= 11 is 0. The van der Waals surface area contributed by atoms with Crippen LogP contribution < -0.4 is 4.74 Å². The Kier molecular flexibility index (Phi) is 7.06. The van der Waals surface area contributed by atoms with E-state index in [-0.39, 0.29) is 18.4 Å². The van der Waals surface area contributed by atoms with Crippen molar-refractivity contribution in [2.45, 2.75) is 26.2 Å². The maximum atomic E-state index is 12.6. The fourth-order valence-electron chi connectivity index (χ4n) is 3.41. The molecule has 1 saturated heterocycles. The predicted molar refractivity (Wildman–Crippen MR) is 109 cm³/mol. The molecule has 0 aromatic heterocycles. The molecule has 2 aromatic rings. The van der Waals surface area contributed by atoms with Gasteiger partial charge in [-0.1, -0.05) is 43.7 Å². The number of aryl methyl sites for hydroxylation is 1. The number of hydrogen-bond donors (Lipinski definition) is 0. The van der Waals surface area contributed by atoms with Gasteiger partial charge in [0.1, 0.15) is 5.75 Å². The van der Waals surface area contributed by atoms with Crippen LogP contribution in [0.4, 0.5) is 0 Å². The van der Waals surface area contributed by atoms with E-state index in [0.29, 0.717) is 37.5 Å². The van der Waals surface area contributed by atoms with E-state index in [0.717, 1.165) is 19.3 Å². The van der Waals surface area contributed by atoms with Crippen LogP contribution in [0.25, 0.3) is 0 Å². The zero-order chi connectivity index (χ0) is 19.8. The molecule has 2 amide bonds. The van der Waals surface area contributed by atoms with E-state index in [2.05, 4.69) is 6.92 Å². The molecule has 0 bridgehead atoms. The molecule has 0 radical (unpaired) electrons. The Balaban J connectivity index is 1.49. The average Bonchev–Trinajstić information content (AvgIpc) is 3.00. The molecule has 1 aliphatic heterocycles. The first-order valence-corrected chi connectivity index (χ1v) is 10.0. The first-order chi connectivity index (χ1) is 13.7. The molecule has 5 nitrogen and oxygen atoms in total. The highest BCUT2D eigenvalue weighted by Gasteiger charge is 2.22. The highest BCUT2D eigenvalue weighted by molar-refractivity contribution is 5.94. The molecular formula is C23H28N2O3. The number of ether oxygens (including phenoxy) is 1. The van der Waals surface area contributed by atoms with Crippen LogP contribution in [0.3, 0.4) is 0 Å². The van der Waals surface area contributed by atoms with Crippen LogP contribution in [0.1, 0.15) is 35.7 Å². The fraction of sp³-hybridized carbons (Fsp3) is 0.391. The second kappa shape index (κ2) is 9.93. The fourth-order valence-corrected chi connectivity index (χ4v) is 3.41. The molecule has 5 heteroatoms. The summed E-state index contributed by atoms with van der Waals surface area (Å²) in [5.41, 5.74) is 1.97. The Morgan fingerprint density at radius 3 is 2.29 bits per heavy atom. The summed E-state index contributed by atoms with van der Waals surface area (Å²) in [7, 11) is 0. The van der Waals surface area contributed by atoms with Gasteiger partial charge in [0.15, 0.2) is 6.61 Å². The van der Waals surface area contributed by atoms with Crippen LogP contribution in [-0.4, -0.2) is 54.4 Å². The average molecular weight is 380 g/mol. The Bertz CT molecular complexity index is 774. The third-order valence-corrected chi connectivity index (χ3v) is 4.98. The minimum absolute atomic E-state index is 0.0262. The van der Waals surface area contributed by atoms with Crippen LogP contribution in [0, 0.1) is 0 Å². The molecule has 0 atom stereocenters. The molecule has 0 spiro atoms. The number of benzene rings is 2. The number of hydrogen-bond acceptors (Lipinski definition) is 3. The summed E-state index contributed by atoms with van der Waals surface area (Å²) in [5.74, 6) is 0.703. The van der Waals surface area contributed by atoms with Gasteiger partial charge in [0.2, 0.25) is 0 Å². The third-order valence-electron chi connectivity index (χ3n) is 4.98. The van der Waals surface area contributed by atoms with Gasteiger partial charge >= 0.3 is 0 Å². The van der Waals surface area contributed by atoms with Crippen molar-refractivity contribution in [2.75, 3.05) is 32.8 Å². The van der Waals surface area contributed by atoms with Gasteiger partial charge in [-0.05, 0) is 42.7 Å². The number of rotatable bonds is 6. The van der Waals surface area contributed by atoms with Gasteiger partial charge in [0.25, 0.3) is 11.8 Å². The van der Waals surface area contributed by atoms with E-state index in [9.17, 15) is 9.59 Å². The third kappa shape index (κ3) is 5.35. The van der Waals surface area contributed by atoms with E-state index in [4.69, 9.17) is 4.74 Å². The van der Waals surface area contributed by atoms with Crippen LogP contribution in [0.5, 0.6) is 5.75 Å². The normalized spacial score (nSPS) is 14.5. The molecule has 28 heavy (non-hydrogen) atoms. The molecule has 1 fully saturated rings. The maximum Gasteiger partial charge on any atom is 0.260 e. The molecule has 2 aromatic carbocycles. The van der Waals surface area contributed by atoms with Crippen molar-refractivity contribution in [3.63, 3.8) is 0 Å². The zero-order valence-electron chi connectivity index (χ0n) is 16.5. The first-order valence-electron chi connectivity index (χ1n) is 10.0. The Morgan fingerprint density at radius 2 is 1.57 bits per heavy atom. The Labute approximate surface area is 166 Å². The van der Waals surface area contributed by atoms with Gasteiger partial charge in [0.05, 0.1) is 0 Å². The lowest BCUT2D eigenvalue weighted by Crippen LogP contribution is -2.39. The van der Waals surface area contributed by atoms with Crippen molar-refractivity contribution >= 4 is 11.8 Å². The maximum absolute atomic E-state index is 12.6. The van der Waals surface area contributed by atoms with Crippen LogP contribution >= 0.6 is 0 Å². The van der Waals surface area contributed by atoms with Gasteiger partial charge in [-0.15, -0.1) is 0 Å². The highest BCUT2D eigenvalue weighted by atomic mass is 16.5. The minimum Gasteiger partial charge on any atom is -0.484 e. The standard InChI is InChI=1S/C23H28N2O3/c1-2-7-19-10-12-21(13-11-19)28-18-22(26)24-14-6-15-25(17-16-24)23(27)20-8-4-3-5-9-20/h3-5,8-13H,2,6-7,14-18H2,1H3. The molecule has 3 rings (SSSR count). The topological polar surface area (TPSA) is 49.9 Å². The van der Waals surface area contributed by atoms with Crippen LogP contribution in [0.15, 0.2) is 54.6 Å². The van der Waals surface area contributed by atoms with Crippen molar-refractivity contribution in [3.05, 3.63) is 65.7 Å². The monoisotopic (exact) mass is 380 g/mol. The quantitative estimate of drug-likeness (QED) is 0.772. The van der Waals surface area contributed by atoms with Crippen molar-refractivity contribution < 1.29 is 14.3 Å². The van der Waals surface area contributed by atoms with Crippen molar-refractivity contribution in [3.8, 4) is 5.75 Å². The molecule has 1 aliphatic rings. The van der Waals surface area contributed by atoms with E-state index in [1.807, 2.05) is 59.5 Å². The van der Waals surface area contributed by atoms with Crippen molar-refractivity contribution in [1.29, 1.82) is 0 Å². The first kappa shape index (κ1) is 19.9. The molecule has 0 N–H and O–H groups in total. The number of carbonyl (C=O) groups excluding carboxylic acids is 2. The Hall–Kier alpha value is -2.82. The summed E-state index contributed by atoms with van der Waals surface area (Å²) in [6.45, 7) is 4.58. The number of amides is 2. The molecule has 0 saturated carbocycles. The predicted octanol–water partition coefficient (Wildman–Crippen LogP) is 3.39. The molecule has 148 valence electrons. The lowest BCUT2D eigenvalue weighted by atomic mass is 10.1. The summed E-state index contributed by atoms with van der Waals surface area (Å²) in [5, 5.41) is 0. The largest absolute Gasteiger partial charge is 0.484 e. The summed E-state index contributed by atoms with van der Waals surface area (Å²) in [4.78, 5) is 28.8. The van der Waals surface area contributed by atoms with E-state index in [1.54, 1.807) is 4.90 Å². The van der Waals surface area contributed by atoms with Gasteiger partial charge in [-0.3, -0.25) is 9.59 Å². The van der Waals surface area contributed by atoms with Gasteiger partial charge in [-0.2, -0.15) is 0 Å². The summed E-state index contributed by atoms with van der Waals surface area (Å²) < 4.78 is 5.67. The number of nitrogens with zero attached hydrogens (tertiary/aromatic N) is 2. The lowest BCUT2D eigenvalue weighted by molar-refractivity contribution is -0.133. The second-order valence-electron chi connectivity index (χ2n) is 7.08. The van der Waals surface area contributed by atoms with E-state index < -0.39 is 0 Å². The molecule has 0 aliphatic carbocycles. The van der Waals surface area contributed by atoms with Gasteiger partial charge < -0.3 is 14.5 Å². The van der Waals surface area contributed by atoms with Gasteiger partial charge in [0, 0.05) is 31.7 Å². The second-order valence-corrected chi connectivity index (χ2v) is 7.08. The minimum atomic E-state index is -0.0355. The van der Waals surface area contributed by atoms with E-state index in [1.165, 1.54) is 5.56 Å². The smallest absolute Gasteiger partial charge is 0.260 e. The van der Waals surface area contributed by atoms with Crippen molar-refractivity contribution in [1.82, 2.24) is 9.80 Å². The zero-order valence-corrected chi connectivity index (χ0v) is 16.5. The summed E-state index contributed by atoms with van der Waals surface area (Å²) in [6.07, 6.45) is 2.93. The van der Waals surface area contributed by atoms with Gasteiger partial charge in [-0.25, -0.2) is 0 Å². The Morgan fingerprint density at radius 1 is 0.893 bits per heavy atom.